The molecule has 1 aromatic heterocycles. The first-order valence-corrected chi connectivity index (χ1v) is 7.85. The lowest BCUT2D eigenvalue weighted by atomic mass is 10.00. The normalized spacial score (nSPS) is 21.3. The van der Waals surface area contributed by atoms with Crippen molar-refractivity contribution in [3.8, 4) is 0 Å². The summed E-state index contributed by atoms with van der Waals surface area (Å²) in [6.45, 7) is 9.18. The number of thiazole rings is 1. The first-order valence-electron chi connectivity index (χ1n) is 6.44. The Kier molecular flexibility index (Phi) is 4.64. The molecule has 18 heavy (non-hydrogen) atoms. The van der Waals surface area contributed by atoms with Gasteiger partial charge in [0.2, 0.25) is 0 Å². The molecule has 0 saturated carbocycles. The second-order valence-corrected chi connectivity index (χ2v) is 6.84. The summed E-state index contributed by atoms with van der Waals surface area (Å²) in [6, 6.07) is 0. The van der Waals surface area contributed by atoms with E-state index in [2.05, 4.69) is 41.1 Å². The Hall–Kier alpha value is -0.160. The van der Waals surface area contributed by atoms with Gasteiger partial charge in [-0.3, -0.25) is 9.80 Å². The SMILES string of the molecule is CN1CCN(CCc2nc(CCl)cs2)CC1(C)C. The van der Waals surface area contributed by atoms with E-state index in [1.807, 2.05) is 0 Å². The minimum atomic E-state index is 0.280. The lowest BCUT2D eigenvalue weighted by Gasteiger charge is -2.45. The number of likely N-dealkylation sites (N-methyl/N-ethyl adjacent to an activating group) is 1. The maximum atomic E-state index is 5.77. The van der Waals surface area contributed by atoms with Crippen LogP contribution in [-0.4, -0.2) is 53.5 Å². The van der Waals surface area contributed by atoms with Gasteiger partial charge in [-0.25, -0.2) is 4.98 Å². The average molecular weight is 288 g/mol. The molecule has 0 amide bonds. The van der Waals surface area contributed by atoms with Crippen molar-refractivity contribution in [1.82, 2.24) is 14.8 Å². The maximum absolute atomic E-state index is 5.77. The van der Waals surface area contributed by atoms with Gasteiger partial charge in [0.05, 0.1) is 16.6 Å². The second-order valence-electron chi connectivity index (χ2n) is 5.63. The third kappa shape index (κ3) is 3.44. The molecule has 102 valence electrons. The van der Waals surface area contributed by atoms with Gasteiger partial charge < -0.3 is 0 Å². The van der Waals surface area contributed by atoms with Crippen LogP contribution < -0.4 is 0 Å². The predicted octanol–water partition coefficient (Wildman–Crippen LogP) is 2.45. The van der Waals surface area contributed by atoms with E-state index in [4.69, 9.17) is 11.6 Å². The summed E-state index contributed by atoms with van der Waals surface area (Å²) in [7, 11) is 2.21. The minimum absolute atomic E-state index is 0.280. The van der Waals surface area contributed by atoms with Crippen molar-refractivity contribution in [2.45, 2.75) is 31.7 Å². The highest BCUT2D eigenvalue weighted by molar-refractivity contribution is 7.09. The number of hydrogen-bond donors (Lipinski definition) is 0. The third-order valence-electron chi connectivity index (χ3n) is 3.77. The number of halogens is 1. The van der Waals surface area contributed by atoms with Gasteiger partial charge in [-0.2, -0.15) is 0 Å². The molecule has 1 saturated heterocycles. The van der Waals surface area contributed by atoms with E-state index in [1.54, 1.807) is 11.3 Å². The monoisotopic (exact) mass is 287 g/mol. The molecule has 1 aliphatic rings. The molecule has 5 heteroatoms. The van der Waals surface area contributed by atoms with Crippen molar-refractivity contribution in [2.24, 2.45) is 0 Å². The number of alkyl halides is 1. The molecule has 0 radical (unpaired) electrons. The van der Waals surface area contributed by atoms with E-state index in [1.165, 1.54) is 5.01 Å². The minimum Gasteiger partial charge on any atom is -0.300 e. The number of aromatic nitrogens is 1. The third-order valence-corrected chi connectivity index (χ3v) is 5.00. The molecule has 0 aromatic carbocycles. The van der Waals surface area contributed by atoms with Crippen LogP contribution in [0.3, 0.4) is 0 Å². The highest BCUT2D eigenvalue weighted by atomic mass is 35.5. The van der Waals surface area contributed by atoms with Gasteiger partial charge >= 0.3 is 0 Å². The van der Waals surface area contributed by atoms with E-state index < -0.39 is 0 Å². The molecular formula is C13H22ClN3S. The van der Waals surface area contributed by atoms with Gasteiger partial charge in [0.1, 0.15) is 0 Å². The van der Waals surface area contributed by atoms with Gasteiger partial charge in [-0.1, -0.05) is 0 Å². The highest BCUT2D eigenvalue weighted by Gasteiger charge is 2.30. The van der Waals surface area contributed by atoms with Crippen LogP contribution >= 0.6 is 22.9 Å². The summed E-state index contributed by atoms with van der Waals surface area (Å²) < 4.78 is 0. The van der Waals surface area contributed by atoms with Crippen LogP contribution in [0.5, 0.6) is 0 Å². The van der Waals surface area contributed by atoms with Crippen LogP contribution in [0, 0.1) is 0 Å². The predicted molar refractivity (Wildman–Crippen MR) is 78.5 cm³/mol. The summed E-state index contributed by atoms with van der Waals surface area (Å²) in [5, 5.41) is 3.28. The Morgan fingerprint density at radius 1 is 1.44 bits per heavy atom. The van der Waals surface area contributed by atoms with Gasteiger partial charge in [-0.05, 0) is 20.9 Å². The zero-order valence-electron chi connectivity index (χ0n) is 11.4. The molecule has 3 nitrogen and oxygen atoms in total. The fourth-order valence-electron chi connectivity index (χ4n) is 2.31. The van der Waals surface area contributed by atoms with Crippen molar-refractivity contribution < 1.29 is 0 Å². The summed E-state index contributed by atoms with van der Waals surface area (Å²) in [6.07, 6.45) is 1.04. The Morgan fingerprint density at radius 3 is 2.83 bits per heavy atom. The molecule has 1 aromatic rings. The molecule has 0 unspecified atom stereocenters. The van der Waals surface area contributed by atoms with E-state index in [9.17, 15) is 0 Å². The quantitative estimate of drug-likeness (QED) is 0.793. The Bertz CT molecular complexity index is 391. The fourth-order valence-corrected chi connectivity index (χ4v) is 3.33. The van der Waals surface area contributed by atoms with E-state index in [-0.39, 0.29) is 5.54 Å². The molecule has 2 rings (SSSR count). The summed E-state index contributed by atoms with van der Waals surface area (Å²) >= 11 is 7.50. The fraction of sp³-hybridized carbons (Fsp3) is 0.769. The molecule has 1 aliphatic heterocycles. The Balaban J connectivity index is 1.84. The van der Waals surface area contributed by atoms with Crippen LogP contribution in [0.2, 0.25) is 0 Å². The largest absolute Gasteiger partial charge is 0.300 e. The van der Waals surface area contributed by atoms with Crippen LogP contribution in [-0.2, 0) is 12.3 Å². The van der Waals surface area contributed by atoms with Crippen molar-refractivity contribution in [1.29, 1.82) is 0 Å². The molecule has 0 atom stereocenters. The smallest absolute Gasteiger partial charge is 0.0941 e. The molecule has 0 N–H and O–H groups in total. The number of piperazine rings is 1. The molecule has 0 bridgehead atoms. The molecule has 2 heterocycles. The highest BCUT2D eigenvalue weighted by Crippen LogP contribution is 2.19. The van der Waals surface area contributed by atoms with Crippen LogP contribution in [0.1, 0.15) is 24.5 Å². The van der Waals surface area contributed by atoms with Crippen LogP contribution in [0.25, 0.3) is 0 Å². The Labute approximate surface area is 119 Å². The zero-order chi connectivity index (χ0) is 13.2. The Morgan fingerprint density at radius 2 is 2.22 bits per heavy atom. The first kappa shape index (κ1) is 14.3. The van der Waals surface area contributed by atoms with Gasteiger partial charge in [0, 0.05) is 43.5 Å². The summed E-state index contributed by atoms with van der Waals surface area (Å²) in [5.41, 5.74) is 1.29. The lowest BCUT2D eigenvalue weighted by Crippen LogP contribution is -2.57. The van der Waals surface area contributed by atoms with Crippen molar-refractivity contribution in [3.63, 3.8) is 0 Å². The molecular weight excluding hydrogens is 266 g/mol. The van der Waals surface area contributed by atoms with E-state index in [0.717, 1.165) is 38.3 Å². The van der Waals surface area contributed by atoms with Gasteiger partial charge in [-0.15, -0.1) is 22.9 Å². The maximum Gasteiger partial charge on any atom is 0.0941 e. The molecule has 0 aliphatic carbocycles. The molecule has 1 fully saturated rings. The lowest BCUT2D eigenvalue weighted by molar-refractivity contribution is 0.0407. The number of rotatable bonds is 4. The van der Waals surface area contributed by atoms with Crippen LogP contribution in [0.15, 0.2) is 5.38 Å². The average Bonchev–Trinajstić information content (AvgIpc) is 2.78. The summed E-state index contributed by atoms with van der Waals surface area (Å²) in [5.74, 6) is 0.526. The molecule has 0 spiro atoms. The van der Waals surface area contributed by atoms with Crippen LogP contribution in [0.4, 0.5) is 0 Å². The van der Waals surface area contributed by atoms with Gasteiger partial charge in [0.25, 0.3) is 0 Å². The number of hydrogen-bond acceptors (Lipinski definition) is 4. The van der Waals surface area contributed by atoms with Gasteiger partial charge in [0.15, 0.2) is 0 Å². The number of nitrogens with zero attached hydrogens (tertiary/aromatic N) is 3. The van der Waals surface area contributed by atoms with Crippen molar-refractivity contribution >= 4 is 22.9 Å². The first-order chi connectivity index (χ1) is 8.51. The van der Waals surface area contributed by atoms with E-state index in [0.29, 0.717) is 5.88 Å². The summed E-state index contributed by atoms with van der Waals surface area (Å²) in [4.78, 5) is 9.50. The second kappa shape index (κ2) is 5.87. The topological polar surface area (TPSA) is 19.4 Å². The zero-order valence-corrected chi connectivity index (χ0v) is 13.0. The van der Waals surface area contributed by atoms with E-state index >= 15 is 0 Å². The standard InChI is InChI=1S/C13H22ClN3S/c1-13(2)10-17(7-6-16(13)3)5-4-12-15-11(8-14)9-18-12/h9H,4-8,10H2,1-3H3. The van der Waals surface area contributed by atoms with Crippen molar-refractivity contribution in [2.75, 3.05) is 33.2 Å². The van der Waals surface area contributed by atoms with Crippen molar-refractivity contribution in [3.05, 3.63) is 16.1 Å².